The number of oxazole rings is 1. The Morgan fingerprint density at radius 2 is 2.17 bits per heavy atom. The van der Waals surface area contributed by atoms with Crippen molar-refractivity contribution in [3.8, 4) is 5.75 Å². The predicted octanol–water partition coefficient (Wildman–Crippen LogP) is 2.66. The lowest BCUT2D eigenvalue weighted by atomic mass is 9.96. The van der Waals surface area contributed by atoms with Crippen molar-refractivity contribution in [2.75, 3.05) is 7.11 Å². The zero-order chi connectivity index (χ0) is 13.3. The number of nitrogens with zero attached hydrogens (tertiary/aromatic N) is 1. The van der Waals surface area contributed by atoms with Crippen LogP contribution in [0.25, 0.3) is 11.1 Å². The maximum Gasteiger partial charge on any atom is 0.307 e. The number of carboxylic acid groups (broad SMARTS) is 1. The highest BCUT2D eigenvalue weighted by atomic mass is 16.5. The summed E-state index contributed by atoms with van der Waals surface area (Å²) < 4.78 is 10.7. The lowest BCUT2D eigenvalue weighted by Gasteiger charge is -2.11. The second kappa shape index (κ2) is 4.68. The van der Waals surface area contributed by atoms with E-state index in [9.17, 15) is 4.79 Å². The van der Waals surface area contributed by atoms with Crippen LogP contribution in [0, 0.1) is 5.92 Å². The van der Waals surface area contributed by atoms with Crippen LogP contribution in [0.15, 0.2) is 22.6 Å². The third-order valence-electron chi connectivity index (χ3n) is 3.14. The monoisotopic (exact) mass is 249 g/mol. The molecule has 0 spiro atoms. The molecule has 1 heterocycles. The van der Waals surface area contributed by atoms with E-state index in [0.29, 0.717) is 22.7 Å². The van der Waals surface area contributed by atoms with Gasteiger partial charge in [-0.2, -0.15) is 0 Å². The molecule has 0 saturated heterocycles. The Bertz CT molecular complexity index is 575. The minimum atomic E-state index is -0.859. The second-order valence-electron chi connectivity index (χ2n) is 4.30. The van der Waals surface area contributed by atoms with Crippen LogP contribution in [0.1, 0.15) is 25.7 Å². The fourth-order valence-corrected chi connectivity index (χ4v) is 1.67. The summed E-state index contributed by atoms with van der Waals surface area (Å²) >= 11 is 0. The summed E-state index contributed by atoms with van der Waals surface area (Å²) in [5.41, 5.74) is 1.31. The van der Waals surface area contributed by atoms with Gasteiger partial charge in [0.2, 0.25) is 0 Å². The van der Waals surface area contributed by atoms with E-state index in [0.717, 1.165) is 0 Å². The van der Waals surface area contributed by atoms with E-state index in [-0.39, 0.29) is 5.92 Å². The molecule has 0 saturated carbocycles. The van der Waals surface area contributed by atoms with E-state index in [1.807, 2.05) is 0 Å². The van der Waals surface area contributed by atoms with Gasteiger partial charge in [-0.15, -0.1) is 0 Å². The van der Waals surface area contributed by atoms with E-state index in [1.54, 1.807) is 39.2 Å². The highest BCUT2D eigenvalue weighted by Gasteiger charge is 2.25. The Morgan fingerprint density at radius 1 is 1.44 bits per heavy atom. The molecule has 1 aromatic heterocycles. The normalized spacial score (nSPS) is 14.4. The quantitative estimate of drug-likeness (QED) is 0.901. The largest absolute Gasteiger partial charge is 0.497 e. The van der Waals surface area contributed by atoms with Crippen LogP contribution in [-0.2, 0) is 4.79 Å². The standard InChI is InChI=1S/C13H15NO4/c1-7(8(2)13(15)16)12-14-10-5-4-9(17-3)6-11(10)18-12/h4-8H,1-3H3,(H,15,16). The smallest absolute Gasteiger partial charge is 0.307 e. The molecule has 2 rings (SSSR count). The number of aromatic nitrogens is 1. The summed E-state index contributed by atoms with van der Waals surface area (Å²) in [6.45, 7) is 3.43. The molecule has 96 valence electrons. The summed E-state index contributed by atoms with van der Waals surface area (Å²) in [6, 6.07) is 5.32. The van der Waals surface area contributed by atoms with Crippen molar-refractivity contribution < 1.29 is 19.1 Å². The Kier molecular flexibility index (Phi) is 3.23. The first kappa shape index (κ1) is 12.4. The van der Waals surface area contributed by atoms with Gasteiger partial charge in [0.15, 0.2) is 11.5 Å². The van der Waals surface area contributed by atoms with Gasteiger partial charge in [-0.05, 0) is 12.1 Å². The molecule has 5 nitrogen and oxygen atoms in total. The van der Waals surface area contributed by atoms with Crippen molar-refractivity contribution in [2.45, 2.75) is 19.8 Å². The maximum atomic E-state index is 10.9. The van der Waals surface area contributed by atoms with E-state index in [1.165, 1.54) is 0 Å². The van der Waals surface area contributed by atoms with Gasteiger partial charge in [0.1, 0.15) is 11.3 Å². The molecular formula is C13H15NO4. The highest BCUT2D eigenvalue weighted by molar-refractivity contribution is 5.75. The minimum Gasteiger partial charge on any atom is -0.497 e. The van der Waals surface area contributed by atoms with Crippen LogP contribution < -0.4 is 4.74 Å². The minimum absolute atomic E-state index is 0.277. The second-order valence-corrected chi connectivity index (χ2v) is 4.30. The van der Waals surface area contributed by atoms with Crippen molar-refractivity contribution in [1.82, 2.24) is 4.98 Å². The fraction of sp³-hybridized carbons (Fsp3) is 0.385. The van der Waals surface area contributed by atoms with Crippen molar-refractivity contribution in [1.29, 1.82) is 0 Å². The Balaban J connectivity index is 2.37. The average Bonchev–Trinajstić information content (AvgIpc) is 2.79. The molecule has 0 bridgehead atoms. The molecule has 0 aliphatic heterocycles. The van der Waals surface area contributed by atoms with E-state index in [2.05, 4.69) is 4.98 Å². The van der Waals surface area contributed by atoms with Crippen molar-refractivity contribution in [3.63, 3.8) is 0 Å². The third kappa shape index (κ3) is 2.16. The van der Waals surface area contributed by atoms with Crippen LogP contribution in [-0.4, -0.2) is 23.2 Å². The molecular weight excluding hydrogens is 234 g/mol. The molecule has 0 aliphatic rings. The van der Waals surface area contributed by atoms with Gasteiger partial charge in [0.25, 0.3) is 0 Å². The van der Waals surface area contributed by atoms with E-state index < -0.39 is 11.9 Å². The first-order valence-electron chi connectivity index (χ1n) is 5.70. The predicted molar refractivity (Wildman–Crippen MR) is 65.8 cm³/mol. The number of carbonyl (C=O) groups is 1. The Labute approximate surface area is 104 Å². The Morgan fingerprint density at radius 3 is 2.78 bits per heavy atom. The first-order valence-corrected chi connectivity index (χ1v) is 5.70. The molecule has 0 radical (unpaired) electrons. The van der Waals surface area contributed by atoms with Crippen molar-refractivity contribution in [3.05, 3.63) is 24.1 Å². The molecule has 0 aliphatic carbocycles. The molecule has 2 aromatic rings. The van der Waals surface area contributed by atoms with Gasteiger partial charge in [-0.3, -0.25) is 4.79 Å². The van der Waals surface area contributed by atoms with Crippen LogP contribution in [0.5, 0.6) is 5.75 Å². The number of hydrogen-bond donors (Lipinski definition) is 1. The van der Waals surface area contributed by atoms with E-state index >= 15 is 0 Å². The number of benzene rings is 1. The summed E-state index contributed by atoms with van der Waals surface area (Å²) in [5, 5.41) is 8.98. The summed E-state index contributed by atoms with van der Waals surface area (Å²) in [7, 11) is 1.58. The summed E-state index contributed by atoms with van der Waals surface area (Å²) in [4.78, 5) is 15.2. The zero-order valence-electron chi connectivity index (χ0n) is 10.5. The van der Waals surface area contributed by atoms with Crippen LogP contribution in [0.2, 0.25) is 0 Å². The molecule has 1 N–H and O–H groups in total. The van der Waals surface area contributed by atoms with Gasteiger partial charge >= 0.3 is 5.97 Å². The van der Waals surface area contributed by atoms with Gasteiger partial charge in [0.05, 0.1) is 13.0 Å². The third-order valence-corrected chi connectivity index (χ3v) is 3.14. The number of carboxylic acids is 1. The molecule has 1 aromatic carbocycles. The van der Waals surface area contributed by atoms with Gasteiger partial charge in [0, 0.05) is 12.0 Å². The first-order chi connectivity index (χ1) is 8.52. The van der Waals surface area contributed by atoms with Crippen LogP contribution in [0.3, 0.4) is 0 Å². The summed E-state index contributed by atoms with van der Waals surface area (Å²) in [5.74, 6) is -0.555. The lowest BCUT2D eigenvalue weighted by Crippen LogP contribution is -2.16. The molecule has 0 amide bonds. The lowest BCUT2D eigenvalue weighted by molar-refractivity contribution is -0.141. The molecule has 5 heteroatoms. The topological polar surface area (TPSA) is 72.6 Å². The van der Waals surface area contributed by atoms with Gasteiger partial charge in [-0.1, -0.05) is 13.8 Å². The molecule has 2 atom stereocenters. The SMILES string of the molecule is COc1ccc2nc(C(C)C(C)C(=O)O)oc2c1. The number of methoxy groups -OCH3 is 1. The summed E-state index contributed by atoms with van der Waals surface area (Å²) in [6.07, 6.45) is 0. The Hall–Kier alpha value is -2.04. The molecule has 18 heavy (non-hydrogen) atoms. The van der Waals surface area contributed by atoms with Crippen molar-refractivity contribution in [2.24, 2.45) is 5.92 Å². The maximum absolute atomic E-state index is 10.9. The average molecular weight is 249 g/mol. The van der Waals surface area contributed by atoms with E-state index in [4.69, 9.17) is 14.3 Å². The van der Waals surface area contributed by atoms with Crippen LogP contribution >= 0.6 is 0 Å². The van der Waals surface area contributed by atoms with Crippen molar-refractivity contribution >= 4 is 17.1 Å². The zero-order valence-corrected chi connectivity index (χ0v) is 10.5. The number of rotatable bonds is 4. The number of aliphatic carboxylic acids is 1. The highest BCUT2D eigenvalue weighted by Crippen LogP contribution is 2.28. The van der Waals surface area contributed by atoms with Crippen LogP contribution in [0.4, 0.5) is 0 Å². The fourth-order valence-electron chi connectivity index (χ4n) is 1.67. The number of ether oxygens (including phenoxy) is 1. The van der Waals surface area contributed by atoms with Gasteiger partial charge < -0.3 is 14.3 Å². The molecule has 2 unspecified atom stereocenters. The van der Waals surface area contributed by atoms with Gasteiger partial charge in [-0.25, -0.2) is 4.98 Å². The number of hydrogen-bond acceptors (Lipinski definition) is 4. The number of fused-ring (bicyclic) bond motifs is 1. The molecule has 0 fully saturated rings.